The Morgan fingerprint density at radius 3 is 2.61 bits per heavy atom. The van der Waals surface area contributed by atoms with E-state index in [-0.39, 0.29) is 0 Å². The van der Waals surface area contributed by atoms with Crippen molar-refractivity contribution < 1.29 is 0 Å². The summed E-state index contributed by atoms with van der Waals surface area (Å²) in [6.07, 6.45) is 5.87. The van der Waals surface area contributed by atoms with E-state index in [9.17, 15) is 0 Å². The van der Waals surface area contributed by atoms with Gasteiger partial charge in [0.2, 0.25) is 0 Å². The zero-order valence-corrected chi connectivity index (χ0v) is 11.5. The fourth-order valence-corrected chi connectivity index (χ4v) is 1.89. The highest BCUT2D eigenvalue weighted by Gasteiger charge is 2.06. The number of aryl methyl sites for hydroxylation is 1. The molecule has 0 aliphatic carbocycles. The van der Waals surface area contributed by atoms with Gasteiger partial charge >= 0.3 is 0 Å². The molecule has 0 fully saturated rings. The van der Waals surface area contributed by atoms with Crippen LogP contribution in [0.1, 0.15) is 38.1 Å². The average molecular weight is 247 g/mol. The Balaban J connectivity index is 2.00. The quantitative estimate of drug-likeness (QED) is 0.883. The molecule has 0 bridgehead atoms. The van der Waals surface area contributed by atoms with Crippen LogP contribution in [-0.2, 0) is 13.1 Å². The topological polar surface area (TPSA) is 47.7 Å². The van der Waals surface area contributed by atoms with Gasteiger partial charge in [-0.3, -0.25) is 9.36 Å². The van der Waals surface area contributed by atoms with Crippen LogP contribution in [0, 0.1) is 6.92 Å². The van der Waals surface area contributed by atoms with E-state index in [0.29, 0.717) is 6.04 Å². The molecule has 0 aliphatic heterocycles. The number of nitrogens with zero attached hydrogens (tertiary/aromatic N) is 4. The SMILES string of the molecule is CCn1ncc(NCc2cnn(C(C)C)c2)c1C. The molecule has 98 valence electrons. The maximum atomic E-state index is 4.33. The third kappa shape index (κ3) is 2.55. The lowest BCUT2D eigenvalue weighted by Gasteiger charge is -2.05. The third-order valence-corrected chi connectivity index (χ3v) is 3.07. The van der Waals surface area contributed by atoms with E-state index in [2.05, 4.69) is 49.4 Å². The predicted octanol–water partition coefficient (Wildman–Crippen LogP) is 2.60. The highest BCUT2D eigenvalue weighted by atomic mass is 15.3. The van der Waals surface area contributed by atoms with Gasteiger partial charge in [-0.15, -0.1) is 0 Å². The Morgan fingerprint density at radius 2 is 2.06 bits per heavy atom. The molecule has 5 nitrogen and oxygen atoms in total. The molecule has 5 heteroatoms. The molecule has 0 radical (unpaired) electrons. The first-order chi connectivity index (χ1) is 8.61. The molecular formula is C13H21N5. The van der Waals surface area contributed by atoms with Crippen LogP contribution >= 0.6 is 0 Å². The normalized spacial score (nSPS) is 11.2. The Bertz CT molecular complexity index is 509. The van der Waals surface area contributed by atoms with Crippen molar-refractivity contribution in [3.8, 4) is 0 Å². The highest BCUT2D eigenvalue weighted by molar-refractivity contribution is 5.46. The van der Waals surface area contributed by atoms with Gasteiger partial charge in [-0.1, -0.05) is 0 Å². The summed E-state index contributed by atoms with van der Waals surface area (Å²) in [5.41, 5.74) is 3.45. The largest absolute Gasteiger partial charge is 0.378 e. The minimum Gasteiger partial charge on any atom is -0.378 e. The lowest BCUT2D eigenvalue weighted by atomic mass is 10.3. The van der Waals surface area contributed by atoms with Crippen molar-refractivity contribution in [3.63, 3.8) is 0 Å². The number of nitrogens with one attached hydrogen (secondary N) is 1. The minimum atomic E-state index is 0.406. The lowest BCUT2D eigenvalue weighted by Crippen LogP contribution is -2.03. The van der Waals surface area contributed by atoms with E-state index in [1.54, 1.807) is 0 Å². The van der Waals surface area contributed by atoms with Crippen LogP contribution in [0.15, 0.2) is 18.6 Å². The highest BCUT2D eigenvalue weighted by Crippen LogP contribution is 2.15. The molecule has 0 saturated heterocycles. The summed E-state index contributed by atoms with van der Waals surface area (Å²) in [6, 6.07) is 0.406. The van der Waals surface area contributed by atoms with E-state index in [1.165, 1.54) is 11.3 Å². The van der Waals surface area contributed by atoms with Crippen LogP contribution in [0.2, 0.25) is 0 Å². The first kappa shape index (κ1) is 12.7. The maximum Gasteiger partial charge on any atom is 0.0758 e. The molecule has 0 spiro atoms. The molecule has 2 heterocycles. The fraction of sp³-hybridized carbons (Fsp3) is 0.538. The van der Waals surface area contributed by atoms with Gasteiger partial charge in [-0.2, -0.15) is 10.2 Å². The van der Waals surface area contributed by atoms with Crippen molar-refractivity contribution in [2.24, 2.45) is 0 Å². The summed E-state index contributed by atoms with van der Waals surface area (Å²) >= 11 is 0. The molecule has 2 rings (SSSR count). The van der Waals surface area contributed by atoms with Gasteiger partial charge in [-0.05, 0) is 27.7 Å². The summed E-state index contributed by atoms with van der Waals surface area (Å²) in [7, 11) is 0. The molecule has 0 unspecified atom stereocenters. The van der Waals surface area contributed by atoms with Crippen molar-refractivity contribution in [1.82, 2.24) is 19.6 Å². The summed E-state index contributed by atoms with van der Waals surface area (Å²) in [4.78, 5) is 0. The van der Waals surface area contributed by atoms with Crippen LogP contribution < -0.4 is 5.32 Å². The summed E-state index contributed by atoms with van der Waals surface area (Å²) < 4.78 is 3.96. The van der Waals surface area contributed by atoms with E-state index in [1.807, 2.05) is 21.8 Å². The Labute approximate surface area is 108 Å². The van der Waals surface area contributed by atoms with E-state index in [0.717, 1.165) is 18.8 Å². The number of aromatic nitrogens is 4. The Morgan fingerprint density at radius 1 is 1.28 bits per heavy atom. The number of hydrogen-bond acceptors (Lipinski definition) is 3. The van der Waals surface area contributed by atoms with Gasteiger partial charge in [0.1, 0.15) is 0 Å². The van der Waals surface area contributed by atoms with Gasteiger partial charge in [0, 0.05) is 30.9 Å². The first-order valence-electron chi connectivity index (χ1n) is 6.41. The van der Waals surface area contributed by atoms with Gasteiger partial charge in [0.25, 0.3) is 0 Å². The molecule has 0 saturated carbocycles. The molecule has 18 heavy (non-hydrogen) atoms. The van der Waals surface area contributed by atoms with Gasteiger partial charge in [0.05, 0.1) is 23.8 Å². The lowest BCUT2D eigenvalue weighted by molar-refractivity contribution is 0.532. The van der Waals surface area contributed by atoms with Crippen LogP contribution in [-0.4, -0.2) is 19.6 Å². The summed E-state index contributed by atoms with van der Waals surface area (Å²) in [6.45, 7) is 10.1. The van der Waals surface area contributed by atoms with Crippen molar-refractivity contribution in [2.45, 2.75) is 46.8 Å². The van der Waals surface area contributed by atoms with Gasteiger partial charge < -0.3 is 5.32 Å². The fourth-order valence-electron chi connectivity index (χ4n) is 1.89. The van der Waals surface area contributed by atoms with E-state index >= 15 is 0 Å². The number of hydrogen-bond donors (Lipinski definition) is 1. The van der Waals surface area contributed by atoms with Crippen molar-refractivity contribution in [1.29, 1.82) is 0 Å². The average Bonchev–Trinajstić information content (AvgIpc) is 2.93. The molecule has 0 amide bonds. The van der Waals surface area contributed by atoms with E-state index in [4.69, 9.17) is 0 Å². The zero-order valence-electron chi connectivity index (χ0n) is 11.5. The zero-order chi connectivity index (χ0) is 13.1. The second kappa shape index (κ2) is 5.25. The monoisotopic (exact) mass is 247 g/mol. The second-order valence-electron chi connectivity index (χ2n) is 4.74. The van der Waals surface area contributed by atoms with Crippen molar-refractivity contribution >= 4 is 5.69 Å². The molecule has 0 aliphatic rings. The van der Waals surface area contributed by atoms with Crippen molar-refractivity contribution in [3.05, 3.63) is 29.8 Å². The molecule has 1 N–H and O–H groups in total. The molecule has 2 aromatic rings. The summed E-state index contributed by atoms with van der Waals surface area (Å²) in [5.74, 6) is 0. The van der Waals surface area contributed by atoms with Crippen molar-refractivity contribution in [2.75, 3.05) is 5.32 Å². The second-order valence-corrected chi connectivity index (χ2v) is 4.74. The maximum absolute atomic E-state index is 4.33. The number of anilines is 1. The van der Waals surface area contributed by atoms with Crippen LogP contribution in [0.5, 0.6) is 0 Å². The van der Waals surface area contributed by atoms with Gasteiger partial charge in [0.15, 0.2) is 0 Å². The summed E-state index contributed by atoms with van der Waals surface area (Å²) in [5, 5.41) is 12.0. The molecule has 0 atom stereocenters. The molecule has 2 aromatic heterocycles. The Kier molecular flexibility index (Phi) is 3.69. The standard InChI is InChI=1S/C13H21N5/c1-5-17-11(4)13(8-16-17)14-6-12-7-15-18(9-12)10(2)3/h7-10,14H,5-6H2,1-4H3. The minimum absolute atomic E-state index is 0.406. The van der Waals surface area contributed by atoms with Crippen LogP contribution in [0.3, 0.4) is 0 Å². The van der Waals surface area contributed by atoms with Crippen LogP contribution in [0.25, 0.3) is 0 Å². The molecular weight excluding hydrogens is 226 g/mol. The van der Waals surface area contributed by atoms with E-state index < -0.39 is 0 Å². The van der Waals surface area contributed by atoms with Gasteiger partial charge in [-0.25, -0.2) is 0 Å². The predicted molar refractivity (Wildman–Crippen MR) is 72.6 cm³/mol. The first-order valence-corrected chi connectivity index (χ1v) is 6.41. The molecule has 0 aromatic carbocycles. The smallest absolute Gasteiger partial charge is 0.0758 e. The third-order valence-electron chi connectivity index (χ3n) is 3.07. The van der Waals surface area contributed by atoms with Crippen LogP contribution in [0.4, 0.5) is 5.69 Å². The number of rotatable bonds is 5. The Hall–Kier alpha value is -1.78.